The molecule has 0 atom stereocenters. The predicted octanol–water partition coefficient (Wildman–Crippen LogP) is 3.60. The molecule has 0 unspecified atom stereocenters. The number of carbonyl (C=O) groups excluding carboxylic acids is 1. The summed E-state index contributed by atoms with van der Waals surface area (Å²) in [5.41, 5.74) is 1.00. The SMILES string of the molecule is O=C(NCC1(C2CC2)CC1)N1CCC(Nc2ccccc2F)CC1. The lowest BCUT2D eigenvalue weighted by Gasteiger charge is -2.33. The number of amides is 2. The van der Waals surface area contributed by atoms with E-state index in [2.05, 4.69) is 10.6 Å². The van der Waals surface area contributed by atoms with Crippen molar-refractivity contribution >= 4 is 11.7 Å². The van der Waals surface area contributed by atoms with Gasteiger partial charge in [-0.05, 0) is 62.0 Å². The van der Waals surface area contributed by atoms with Crippen LogP contribution in [0.15, 0.2) is 24.3 Å². The third-order valence-electron chi connectivity index (χ3n) is 5.94. The fourth-order valence-corrected chi connectivity index (χ4v) is 3.97. The summed E-state index contributed by atoms with van der Waals surface area (Å²) in [5.74, 6) is 0.654. The van der Waals surface area contributed by atoms with E-state index in [1.165, 1.54) is 31.7 Å². The Hall–Kier alpha value is -1.78. The second-order valence-electron chi connectivity index (χ2n) is 7.68. The molecule has 1 heterocycles. The molecule has 1 aromatic carbocycles. The zero-order valence-electron chi connectivity index (χ0n) is 14.1. The molecule has 3 fully saturated rings. The molecule has 24 heavy (non-hydrogen) atoms. The molecule has 0 spiro atoms. The largest absolute Gasteiger partial charge is 0.380 e. The Bertz CT molecular complexity index is 604. The highest BCUT2D eigenvalue weighted by atomic mass is 19.1. The van der Waals surface area contributed by atoms with Crippen LogP contribution in [0.25, 0.3) is 0 Å². The van der Waals surface area contributed by atoms with Crippen molar-refractivity contribution in [2.75, 3.05) is 25.0 Å². The van der Waals surface area contributed by atoms with Crippen molar-refractivity contribution in [2.24, 2.45) is 11.3 Å². The molecule has 2 saturated carbocycles. The fraction of sp³-hybridized carbons (Fsp3) is 0.632. The highest BCUT2D eigenvalue weighted by Crippen LogP contribution is 2.60. The number of hydrogen-bond donors (Lipinski definition) is 2. The van der Waals surface area contributed by atoms with Crippen LogP contribution in [0.1, 0.15) is 38.5 Å². The third kappa shape index (κ3) is 3.35. The Morgan fingerprint density at radius 2 is 1.88 bits per heavy atom. The highest BCUT2D eigenvalue weighted by molar-refractivity contribution is 5.74. The van der Waals surface area contributed by atoms with E-state index < -0.39 is 0 Å². The van der Waals surface area contributed by atoms with Crippen molar-refractivity contribution in [3.63, 3.8) is 0 Å². The molecule has 3 aliphatic rings. The quantitative estimate of drug-likeness (QED) is 0.866. The van der Waals surface area contributed by atoms with Gasteiger partial charge in [-0.3, -0.25) is 0 Å². The van der Waals surface area contributed by atoms with Gasteiger partial charge in [0, 0.05) is 25.7 Å². The number of urea groups is 1. The fourth-order valence-electron chi connectivity index (χ4n) is 3.97. The Kier molecular flexibility index (Phi) is 4.10. The van der Waals surface area contributed by atoms with Crippen LogP contribution in [0.4, 0.5) is 14.9 Å². The molecule has 0 aromatic heterocycles. The van der Waals surface area contributed by atoms with Crippen LogP contribution in [0.2, 0.25) is 0 Å². The molecule has 4 nitrogen and oxygen atoms in total. The minimum absolute atomic E-state index is 0.0752. The number of para-hydroxylation sites is 1. The van der Waals surface area contributed by atoms with Crippen LogP contribution < -0.4 is 10.6 Å². The molecule has 0 radical (unpaired) electrons. The first-order valence-electron chi connectivity index (χ1n) is 9.20. The van der Waals surface area contributed by atoms with Gasteiger partial charge in [-0.15, -0.1) is 0 Å². The van der Waals surface area contributed by atoms with Crippen LogP contribution in [-0.2, 0) is 0 Å². The first-order valence-corrected chi connectivity index (χ1v) is 9.20. The summed E-state index contributed by atoms with van der Waals surface area (Å²) in [6.45, 7) is 2.31. The van der Waals surface area contributed by atoms with E-state index in [4.69, 9.17) is 0 Å². The van der Waals surface area contributed by atoms with Gasteiger partial charge < -0.3 is 15.5 Å². The molecule has 1 aliphatic heterocycles. The van der Waals surface area contributed by atoms with Gasteiger partial charge in [0.25, 0.3) is 0 Å². The lowest BCUT2D eigenvalue weighted by molar-refractivity contribution is 0.180. The second kappa shape index (κ2) is 6.26. The standard InChI is InChI=1S/C19H26FN3O/c20-16-3-1-2-4-17(16)22-15-7-11-23(12-8-15)18(24)21-13-19(9-10-19)14-5-6-14/h1-4,14-15,22H,5-13H2,(H,21,24). The van der Waals surface area contributed by atoms with Crippen molar-refractivity contribution in [3.8, 4) is 0 Å². The molecule has 0 bridgehead atoms. The zero-order valence-corrected chi connectivity index (χ0v) is 14.1. The molecule has 1 saturated heterocycles. The lowest BCUT2D eigenvalue weighted by Crippen LogP contribution is -2.48. The number of piperidine rings is 1. The van der Waals surface area contributed by atoms with E-state index in [1.54, 1.807) is 12.1 Å². The Balaban J connectivity index is 1.22. The van der Waals surface area contributed by atoms with Gasteiger partial charge in [-0.25, -0.2) is 9.18 Å². The Labute approximate surface area is 142 Å². The van der Waals surface area contributed by atoms with E-state index in [-0.39, 0.29) is 17.9 Å². The maximum atomic E-state index is 13.7. The summed E-state index contributed by atoms with van der Waals surface area (Å²) >= 11 is 0. The summed E-state index contributed by atoms with van der Waals surface area (Å²) in [6, 6.07) is 7.07. The Morgan fingerprint density at radius 3 is 2.50 bits per heavy atom. The van der Waals surface area contributed by atoms with Gasteiger partial charge in [-0.1, -0.05) is 12.1 Å². The number of anilines is 1. The zero-order chi connectivity index (χ0) is 16.6. The second-order valence-corrected chi connectivity index (χ2v) is 7.68. The molecule has 5 heteroatoms. The monoisotopic (exact) mass is 331 g/mol. The van der Waals surface area contributed by atoms with Crippen LogP contribution in [-0.4, -0.2) is 36.6 Å². The van der Waals surface area contributed by atoms with Crippen molar-refractivity contribution in [1.82, 2.24) is 10.2 Å². The molecular formula is C19H26FN3O. The van der Waals surface area contributed by atoms with E-state index in [9.17, 15) is 9.18 Å². The van der Waals surface area contributed by atoms with Crippen LogP contribution in [0.5, 0.6) is 0 Å². The minimum Gasteiger partial charge on any atom is -0.380 e. The van der Waals surface area contributed by atoms with Gasteiger partial charge in [0.2, 0.25) is 0 Å². The molecule has 130 valence electrons. The number of nitrogens with zero attached hydrogens (tertiary/aromatic N) is 1. The summed E-state index contributed by atoms with van der Waals surface area (Å²) in [4.78, 5) is 14.3. The van der Waals surface area contributed by atoms with Gasteiger partial charge in [0.15, 0.2) is 0 Å². The summed E-state index contributed by atoms with van der Waals surface area (Å²) in [7, 11) is 0. The molecule has 1 aromatic rings. The predicted molar refractivity (Wildman–Crippen MR) is 92.4 cm³/mol. The van der Waals surface area contributed by atoms with Crippen molar-refractivity contribution in [2.45, 2.75) is 44.6 Å². The Morgan fingerprint density at radius 1 is 1.17 bits per heavy atom. The van der Waals surface area contributed by atoms with Gasteiger partial charge in [0.1, 0.15) is 5.82 Å². The van der Waals surface area contributed by atoms with Crippen LogP contribution in [0.3, 0.4) is 0 Å². The third-order valence-corrected chi connectivity index (χ3v) is 5.94. The van der Waals surface area contributed by atoms with E-state index in [1.807, 2.05) is 11.0 Å². The number of nitrogens with one attached hydrogen (secondary N) is 2. The number of halogens is 1. The van der Waals surface area contributed by atoms with E-state index in [0.29, 0.717) is 11.1 Å². The summed E-state index contributed by atoms with van der Waals surface area (Å²) in [5, 5.41) is 6.42. The first-order chi connectivity index (χ1) is 11.7. The molecule has 4 rings (SSSR count). The van der Waals surface area contributed by atoms with Crippen molar-refractivity contribution in [3.05, 3.63) is 30.1 Å². The highest BCUT2D eigenvalue weighted by Gasteiger charge is 2.53. The minimum atomic E-state index is -0.215. The maximum Gasteiger partial charge on any atom is 0.317 e. The van der Waals surface area contributed by atoms with Crippen LogP contribution in [0, 0.1) is 17.2 Å². The molecule has 2 amide bonds. The number of likely N-dealkylation sites (tertiary alicyclic amines) is 1. The number of benzene rings is 1. The molecule has 2 N–H and O–H groups in total. The van der Waals surface area contributed by atoms with Crippen molar-refractivity contribution < 1.29 is 9.18 Å². The van der Waals surface area contributed by atoms with Crippen LogP contribution >= 0.6 is 0 Å². The number of rotatable bonds is 5. The van der Waals surface area contributed by atoms with E-state index in [0.717, 1.165) is 38.4 Å². The van der Waals surface area contributed by atoms with Gasteiger partial charge in [-0.2, -0.15) is 0 Å². The number of carbonyl (C=O) groups is 1. The van der Waals surface area contributed by atoms with Crippen molar-refractivity contribution in [1.29, 1.82) is 0 Å². The lowest BCUT2D eigenvalue weighted by atomic mass is 10.0. The molecular weight excluding hydrogens is 305 g/mol. The summed E-state index contributed by atoms with van der Waals surface area (Å²) < 4.78 is 13.7. The van der Waals surface area contributed by atoms with E-state index >= 15 is 0 Å². The normalized spacial score (nSPS) is 23.0. The number of hydrogen-bond acceptors (Lipinski definition) is 2. The smallest absolute Gasteiger partial charge is 0.317 e. The maximum absolute atomic E-state index is 13.7. The summed E-state index contributed by atoms with van der Waals surface area (Å²) in [6.07, 6.45) is 6.98. The first kappa shape index (κ1) is 15.7. The molecule has 2 aliphatic carbocycles. The average molecular weight is 331 g/mol. The van der Waals surface area contributed by atoms with Gasteiger partial charge in [0.05, 0.1) is 5.69 Å². The average Bonchev–Trinajstić information content (AvgIpc) is 3.48. The van der Waals surface area contributed by atoms with Gasteiger partial charge >= 0.3 is 6.03 Å². The topological polar surface area (TPSA) is 44.4 Å².